The topological polar surface area (TPSA) is 30.7 Å². The van der Waals surface area contributed by atoms with Crippen LogP contribution in [0.25, 0.3) is 113 Å². The van der Waals surface area contributed by atoms with Crippen LogP contribution in [-0.2, 0) is 5.41 Å². The Bertz CT molecular complexity index is 3700. The number of thiophene rings is 1. The van der Waals surface area contributed by atoms with E-state index in [2.05, 4.69) is 182 Å². The fraction of sp³-hybridized carbons (Fsp3) is 0.0566. The Hall–Kier alpha value is -6.88. The molecule has 13 rings (SSSR count). The van der Waals surface area contributed by atoms with Gasteiger partial charge in [0.1, 0.15) is 5.69 Å². The number of fused-ring (bicyclic) bond motifs is 17. The molecule has 3 nitrogen and oxygen atoms in total. The molecule has 4 heteroatoms. The average Bonchev–Trinajstić information content (AvgIpc) is 3.86. The molecule has 0 saturated heterocycles. The highest BCUT2D eigenvalue weighted by Crippen LogP contribution is 2.50. The highest BCUT2D eigenvalue weighted by Gasteiger charge is 2.39. The molecule has 3 aromatic heterocycles. The monoisotopic (exact) mass is 743 g/mol. The number of nitrogens with zero attached hydrogens (tertiary/aromatic N) is 3. The zero-order valence-corrected chi connectivity index (χ0v) is 32.2. The van der Waals surface area contributed by atoms with Crippen molar-refractivity contribution < 1.29 is 0 Å². The lowest BCUT2D eigenvalue weighted by Crippen LogP contribution is -2.18. The van der Waals surface area contributed by atoms with Crippen molar-refractivity contribution in [2.24, 2.45) is 0 Å². The highest BCUT2D eigenvalue weighted by molar-refractivity contribution is 7.25. The molecule has 9 aromatic carbocycles. The maximum Gasteiger partial charge on any atom is 0.165 e. The zero-order valence-electron chi connectivity index (χ0n) is 31.3. The van der Waals surface area contributed by atoms with Gasteiger partial charge in [-0.3, -0.25) is 4.57 Å². The lowest BCUT2D eigenvalue weighted by atomic mass is 9.85. The number of rotatable bonds is 2. The van der Waals surface area contributed by atoms with Gasteiger partial charge in [0.05, 0.1) is 22.4 Å². The first kappa shape index (κ1) is 31.3. The Labute approximate surface area is 332 Å². The molecule has 0 N–H and O–H groups in total. The van der Waals surface area contributed by atoms with Gasteiger partial charge in [0, 0.05) is 52.9 Å². The van der Waals surface area contributed by atoms with Gasteiger partial charge in [-0.05, 0) is 73.6 Å². The zero-order chi connectivity index (χ0) is 37.6. The van der Waals surface area contributed by atoms with Crippen LogP contribution in [0.3, 0.4) is 0 Å². The van der Waals surface area contributed by atoms with E-state index in [0.717, 1.165) is 45.1 Å². The Morgan fingerprint density at radius 3 is 1.88 bits per heavy atom. The predicted molar refractivity (Wildman–Crippen MR) is 242 cm³/mol. The van der Waals surface area contributed by atoms with Gasteiger partial charge in [-0.25, -0.2) is 9.97 Å². The van der Waals surface area contributed by atoms with E-state index >= 15 is 0 Å². The van der Waals surface area contributed by atoms with Crippen molar-refractivity contribution in [2.75, 3.05) is 0 Å². The fourth-order valence-electron chi connectivity index (χ4n) is 10.1. The van der Waals surface area contributed by atoms with E-state index in [9.17, 15) is 0 Å². The summed E-state index contributed by atoms with van der Waals surface area (Å²) in [7, 11) is 0. The van der Waals surface area contributed by atoms with E-state index in [1.54, 1.807) is 0 Å². The second-order valence-corrected chi connectivity index (χ2v) is 17.2. The maximum atomic E-state index is 5.81. The number of hydrogen-bond acceptors (Lipinski definition) is 3. The molecule has 266 valence electrons. The smallest absolute Gasteiger partial charge is 0.165 e. The van der Waals surface area contributed by atoms with E-state index in [0.29, 0.717) is 0 Å². The molecule has 1 aliphatic carbocycles. The summed E-state index contributed by atoms with van der Waals surface area (Å²) in [5.41, 5.74) is 8.31. The molecule has 0 spiro atoms. The molecular formula is C53H33N3S. The minimum atomic E-state index is -0.304. The van der Waals surface area contributed by atoms with Gasteiger partial charge in [-0.2, -0.15) is 0 Å². The van der Waals surface area contributed by atoms with Gasteiger partial charge < -0.3 is 0 Å². The molecule has 0 bridgehead atoms. The number of benzene rings is 9. The molecular weight excluding hydrogens is 711 g/mol. The van der Waals surface area contributed by atoms with Crippen LogP contribution in [-0.4, -0.2) is 14.5 Å². The van der Waals surface area contributed by atoms with E-state index < -0.39 is 0 Å². The summed E-state index contributed by atoms with van der Waals surface area (Å²) in [6.45, 7) is 4.58. The molecule has 0 radical (unpaired) electrons. The summed E-state index contributed by atoms with van der Waals surface area (Å²) in [5, 5.41) is 15.0. The minimum Gasteiger partial charge on any atom is -0.292 e. The summed E-state index contributed by atoms with van der Waals surface area (Å²) in [4.78, 5) is 11.6. The second-order valence-electron chi connectivity index (χ2n) is 16.1. The van der Waals surface area contributed by atoms with Crippen molar-refractivity contribution in [1.29, 1.82) is 0 Å². The predicted octanol–water partition coefficient (Wildman–Crippen LogP) is 14.5. The third-order valence-electron chi connectivity index (χ3n) is 12.7. The third-order valence-corrected chi connectivity index (χ3v) is 13.8. The van der Waals surface area contributed by atoms with E-state index in [1.807, 2.05) is 11.3 Å². The molecule has 0 amide bonds. The van der Waals surface area contributed by atoms with Crippen molar-refractivity contribution in [3.05, 3.63) is 175 Å². The molecule has 0 fully saturated rings. The molecule has 0 atom stereocenters. The first-order valence-corrected chi connectivity index (χ1v) is 20.5. The van der Waals surface area contributed by atoms with Gasteiger partial charge >= 0.3 is 0 Å². The summed E-state index contributed by atoms with van der Waals surface area (Å²) in [5.74, 6) is 0.849. The number of aromatic nitrogens is 3. The summed E-state index contributed by atoms with van der Waals surface area (Å²) < 4.78 is 4.97. The van der Waals surface area contributed by atoms with Crippen LogP contribution in [0, 0.1) is 0 Å². The average molecular weight is 744 g/mol. The van der Waals surface area contributed by atoms with Crippen LogP contribution in [0.1, 0.15) is 25.1 Å². The van der Waals surface area contributed by atoms with Crippen LogP contribution in [0.2, 0.25) is 0 Å². The first-order chi connectivity index (χ1) is 28.0. The van der Waals surface area contributed by atoms with Gasteiger partial charge in [0.2, 0.25) is 0 Å². The molecule has 57 heavy (non-hydrogen) atoms. The minimum absolute atomic E-state index is 0.304. The van der Waals surface area contributed by atoms with Crippen molar-refractivity contribution in [2.45, 2.75) is 19.3 Å². The second kappa shape index (κ2) is 11.1. The van der Waals surface area contributed by atoms with E-state index in [1.165, 1.54) is 79.6 Å². The van der Waals surface area contributed by atoms with Crippen molar-refractivity contribution in [3.8, 4) is 28.3 Å². The lowest BCUT2D eigenvalue weighted by molar-refractivity contribution is 0.635. The largest absolute Gasteiger partial charge is 0.292 e. The summed E-state index contributed by atoms with van der Waals surface area (Å²) in [6.07, 6.45) is 0. The van der Waals surface area contributed by atoms with Crippen molar-refractivity contribution in [3.63, 3.8) is 0 Å². The lowest BCUT2D eigenvalue weighted by Gasteiger charge is -2.21. The van der Waals surface area contributed by atoms with Gasteiger partial charge in [-0.15, -0.1) is 11.3 Å². The molecule has 0 saturated carbocycles. The SMILES string of the molecule is CC1(C)c2ccccc2-c2nc(-n3c4cc5ccccc5cc4c4c5c6ccccc6c6ccccc6c5ccc43)c(-c3ccc4c(c3)sc3ccccc34)nc21. The van der Waals surface area contributed by atoms with Crippen molar-refractivity contribution >= 4 is 96.4 Å². The Morgan fingerprint density at radius 2 is 1.07 bits per heavy atom. The molecule has 12 aromatic rings. The quantitative estimate of drug-likeness (QED) is 0.165. The molecule has 1 aliphatic rings. The van der Waals surface area contributed by atoms with Crippen molar-refractivity contribution in [1.82, 2.24) is 14.5 Å². The first-order valence-electron chi connectivity index (χ1n) is 19.7. The van der Waals surface area contributed by atoms with Gasteiger partial charge in [0.25, 0.3) is 0 Å². The molecule has 3 heterocycles. The fourth-order valence-corrected chi connectivity index (χ4v) is 11.2. The van der Waals surface area contributed by atoms with Crippen LogP contribution in [0.5, 0.6) is 0 Å². The summed E-state index contributed by atoms with van der Waals surface area (Å²) >= 11 is 1.84. The standard InChI is InChI=1S/C53H33N3S/c1-53(2)42-21-11-9-20-40(42)50-51(53)54-49(32-23-24-37-36-18-10-12-22-45(36)57-46(37)29-32)52(55-50)56-43-26-25-39-35-17-6-5-15-33(35)34-16-7-8-19-38(34)47(39)48(43)41-27-30-13-3-4-14-31(30)28-44(41)56/h3-29H,1-2H3. The Balaban J connectivity index is 1.23. The Kier molecular flexibility index (Phi) is 6.12. The molecule has 0 unspecified atom stereocenters. The normalized spacial score (nSPS) is 13.6. The van der Waals surface area contributed by atoms with Crippen LogP contribution < -0.4 is 0 Å². The van der Waals surface area contributed by atoms with Crippen LogP contribution in [0.4, 0.5) is 0 Å². The van der Waals surface area contributed by atoms with Crippen LogP contribution >= 0.6 is 11.3 Å². The molecule has 0 aliphatic heterocycles. The Morgan fingerprint density at radius 1 is 0.456 bits per heavy atom. The highest BCUT2D eigenvalue weighted by atomic mass is 32.1. The summed E-state index contributed by atoms with van der Waals surface area (Å²) in [6, 6.07) is 60.3. The van der Waals surface area contributed by atoms with Gasteiger partial charge in [0.15, 0.2) is 5.82 Å². The third kappa shape index (κ3) is 4.15. The number of hydrogen-bond donors (Lipinski definition) is 0. The maximum absolute atomic E-state index is 5.81. The van der Waals surface area contributed by atoms with Crippen LogP contribution in [0.15, 0.2) is 164 Å². The van der Waals surface area contributed by atoms with E-state index in [-0.39, 0.29) is 5.41 Å². The van der Waals surface area contributed by atoms with Gasteiger partial charge in [-0.1, -0.05) is 147 Å². The van der Waals surface area contributed by atoms with E-state index in [4.69, 9.17) is 9.97 Å².